The quantitative estimate of drug-likeness (QED) is 0.903. The smallest absolute Gasteiger partial charge is 0.216 e. The van der Waals surface area contributed by atoms with Gasteiger partial charge in [-0.1, -0.05) is 6.07 Å². The molecule has 0 fully saturated rings. The maximum atomic E-state index is 13.9. The predicted octanol–water partition coefficient (Wildman–Crippen LogP) is 1.88. The molecule has 1 aromatic carbocycles. The van der Waals surface area contributed by atoms with Crippen molar-refractivity contribution in [2.75, 3.05) is 14.2 Å². The largest absolute Gasteiger partial charge is 0.496 e. The van der Waals surface area contributed by atoms with E-state index in [1.807, 2.05) is 0 Å². The normalized spacial score (nSPS) is 12.0. The highest BCUT2D eigenvalue weighted by Crippen LogP contribution is 2.28. The van der Waals surface area contributed by atoms with Crippen molar-refractivity contribution in [3.63, 3.8) is 0 Å². The van der Waals surface area contributed by atoms with Crippen LogP contribution in [-0.4, -0.2) is 24.2 Å². The van der Waals surface area contributed by atoms with Crippen molar-refractivity contribution in [3.8, 4) is 11.6 Å². The number of hydrogen-bond donors (Lipinski definition) is 1. The second-order valence-corrected chi connectivity index (χ2v) is 4.22. The summed E-state index contributed by atoms with van der Waals surface area (Å²) in [6.45, 7) is 0. The van der Waals surface area contributed by atoms with E-state index >= 15 is 0 Å². The average molecular weight is 277 g/mol. The van der Waals surface area contributed by atoms with Crippen molar-refractivity contribution in [1.82, 2.24) is 9.97 Å². The van der Waals surface area contributed by atoms with Crippen molar-refractivity contribution in [1.29, 1.82) is 0 Å². The first kappa shape index (κ1) is 14.2. The number of ether oxygens (including phenoxy) is 2. The van der Waals surface area contributed by atoms with Crippen LogP contribution in [0.2, 0.25) is 0 Å². The van der Waals surface area contributed by atoms with Gasteiger partial charge in [-0.15, -0.1) is 0 Å². The minimum atomic E-state index is -0.564. The first-order valence-corrected chi connectivity index (χ1v) is 6.08. The zero-order valence-electron chi connectivity index (χ0n) is 11.3. The summed E-state index contributed by atoms with van der Waals surface area (Å²) in [7, 11) is 3.00. The number of nitrogens with two attached hydrogens (primary N) is 1. The number of rotatable bonds is 5. The Balaban J connectivity index is 2.25. The molecule has 5 nitrogen and oxygen atoms in total. The highest BCUT2D eigenvalue weighted by atomic mass is 19.1. The van der Waals surface area contributed by atoms with Crippen molar-refractivity contribution in [2.24, 2.45) is 5.73 Å². The Kier molecular flexibility index (Phi) is 4.47. The van der Waals surface area contributed by atoms with E-state index in [0.29, 0.717) is 29.3 Å². The molecular formula is C14H16FN3O2. The lowest BCUT2D eigenvalue weighted by molar-refractivity contribution is 0.394. The fourth-order valence-electron chi connectivity index (χ4n) is 1.98. The SMILES string of the molecule is COc1cc(CC(N)c2c(F)cccc2OC)ncn1. The first-order chi connectivity index (χ1) is 9.65. The van der Waals surface area contributed by atoms with Crippen LogP contribution in [0, 0.1) is 5.82 Å². The summed E-state index contributed by atoms with van der Waals surface area (Å²) in [6.07, 6.45) is 1.75. The molecule has 2 N–H and O–H groups in total. The molecule has 0 aliphatic heterocycles. The van der Waals surface area contributed by atoms with Crippen LogP contribution in [0.1, 0.15) is 17.3 Å². The molecule has 1 atom stereocenters. The molecule has 0 aliphatic rings. The summed E-state index contributed by atoms with van der Waals surface area (Å²) in [6, 6.07) is 5.73. The molecule has 6 heteroatoms. The van der Waals surface area contributed by atoms with Crippen LogP contribution in [0.4, 0.5) is 4.39 Å². The zero-order chi connectivity index (χ0) is 14.5. The molecule has 1 unspecified atom stereocenters. The van der Waals surface area contributed by atoms with Gasteiger partial charge in [-0.3, -0.25) is 0 Å². The van der Waals surface area contributed by atoms with Crippen LogP contribution in [0.5, 0.6) is 11.6 Å². The summed E-state index contributed by atoms with van der Waals surface area (Å²) >= 11 is 0. The lowest BCUT2D eigenvalue weighted by Crippen LogP contribution is -2.17. The van der Waals surface area contributed by atoms with E-state index in [2.05, 4.69) is 9.97 Å². The Labute approximate surface area is 116 Å². The number of nitrogens with zero attached hydrogens (tertiary/aromatic N) is 2. The van der Waals surface area contributed by atoms with Gasteiger partial charge in [-0.25, -0.2) is 14.4 Å². The molecule has 0 saturated heterocycles. The van der Waals surface area contributed by atoms with Crippen LogP contribution in [-0.2, 0) is 6.42 Å². The Hall–Kier alpha value is -2.21. The van der Waals surface area contributed by atoms with Gasteiger partial charge in [0.1, 0.15) is 17.9 Å². The molecule has 0 amide bonds. The molecule has 1 aromatic heterocycles. The lowest BCUT2D eigenvalue weighted by Gasteiger charge is -2.16. The molecule has 0 radical (unpaired) electrons. The van der Waals surface area contributed by atoms with Crippen LogP contribution in [0.3, 0.4) is 0 Å². The van der Waals surface area contributed by atoms with Crippen molar-refractivity contribution < 1.29 is 13.9 Å². The van der Waals surface area contributed by atoms with Gasteiger partial charge in [0.2, 0.25) is 5.88 Å². The monoisotopic (exact) mass is 277 g/mol. The Morgan fingerprint density at radius 2 is 2.05 bits per heavy atom. The van der Waals surface area contributed by atoms with Crippen LogP contribution < -0.4 is 15.2 Å². The Morgan fingerprint density at radius 1 is 1.25 bits per heavy atom. The van der Waals surface area contributed by atoms with Crippen molar-refractivity contribution in [2.45, 2.75) is 12.5 Å². The summed E-state index contributed by atoms with van der Waals surface area (Å²) in [5, 5.41) is 0. The fourth-order valence-corrected chi connectivity index (χ4v) is 1.98. The summed E-state index contributed by atoms with van der Waals surface area (Å²) in [4.78, 5) is 8.02. The van der Waals surface area contributed by atoms with E-state index < -0.39 is 11.9 Å². The molecule has 20 heavy (non-hydrogen) atoms. The van der Waals surface area contributed by atoms with Crippen LogP contribution in [0.15, 0.2) is 30.6 Å². The summed E-state index contributed by atoms with van der Waals surface area (Å²) in [5.41, 5.74) is 7.09. The first-order valence-electron chi connectivity index (χ1n) is 6.08. The number of hydrogen-bond acceptors (Lipinski definition) is 5. The van der Waals surface area contributed by atoms with E-state index in [1.165, 1.54) is 26.6 Å². The Bertz CT molecular complexity index is 592. The maximum Gasteiger partial charge on any atom is 0.216 e. The topological polar surface area (TPSA) is 70.3 Å². The second kappa shape index (κ2) is 6.29. The lowest BCUT2D eigenvalue weighted by atomic mass is 10.0. The van der Waals surface area contributed by atoms with E-state index in [4.69, 9.17) is 15.2 Å². The average Bonchev–Trinajstić information content (AvgIpc) is 2.46. The molecule has 106 valence electrons. The maximum absolute atomic E-state index is 13.9. The predicted molar refractivity (Wildman–Crippen MR) is 72.2 cm³/mol. The van der Waals surface area contributed by atoms with Crippen molar-refractivity contribution in [3.05, 3.63) is 47.7 Å². The minimum Gasteiger partial charge on any atom is -0.496 e. The van der Waals surface area contributed by atoms with E-state index in [0.717, 1.165) is 0 Å². The molecule has 1 heterocycles. The second-order valence-electron chi connectivity index (χ2n) is 4.22. The van der Waals surface area contributed by atoms with Gasteiger partial charge in [0.25, 0.3) is 0 Å². The molecular weight excluding hydrogens is 261 g/mol. The summed E-state index contributed by atoms with van der Waals surface area (Å²) < 4.78 is 24.1. The zero-order valence-corrected chi connectivity index (χ0v) is 11.3. The molecule has 0 bridgehead atoms. The van der Waals surface area contributed by atoms with E-state index in [-0.39, 0.29) is 0 Å². The third kappa shape index (κ3) is 3.03. The molecule has 2 aromatic rings. The van der Waals surface area contributed by atoms with E-state index in [1.54, 1.807) is 18.2 Å². The standard InChI is InChI=1S/C14H16FN3O2/c1-19-12-5-3-4-10(15)14(12)11(16)6-9-7-13(20-2)18-8-17-9/h3-5,7-8,11H,6,16H2,1-2H3. The summed E-state index contributed by atoms with van der Waals surface area (Å²) in [5.74, 6) is 0.485. The van der Waals surface area contributed by atoms with Gasteiger partial charge in [0, 0.05) is 29.8 Å². The van der Waals surface area contributed by atoms with Gasteiger partial charge in [0.05, 0.1) is 14.2 Å². The highest BCUT2D eigenvalue weighted by Gasteiger charge is 2.18. The third-order valence-corrected chi connectivity index (χ3v) is 2.94. The van der Waals surface area contributed by atoms with E-state index in [9.17, 15) is 4.39 Å². The van der Waals surface area contributed by atoms with Crippen molar-refractivity contribution >= 4 is 0 Å². The highest BCUT2D eigenvalue weighted by molar-refractivity contribution is 5.37. The van der Waals surface area contributed by atoms with Crippen LogP contribution in [0.25, 0.3) is 0 Å². The fraction of sp³-hybridized carbons (Fsp3) is 0.286. The number of halogens is 1. The van der Waals surface area contributed by atoms with Gasteiger partial charge in [-0.05, 0) is 12.1 Å². The van der Waals surface area contributed by atoms with Gasteiger partial charge in [0.15, 0.2) is 0 Å². The third-order valence-electron chi connectivity index (χ3n) is 2.94. The number of aromatic nitrogens is 2. The minimum absolute atomic E-state index is 0.340. The van der Waals surface area contributed by atoms with Crippen LogP contribution >= 0.6 is 0 Å². The Morgan fingerprint density at radius 3 is 2.75 bits per heavy atom. The molecule has 0 spiro atoms. The molecule has 2 rings (SSSR count). The van der Waals surface area contributed by atoms with Gasteiger partial charge in [-0.2, -0.15) is 0 Å². The molecule has 0 saturated carbocycles. The van der Waals surface area contributed by atoms with Gasteiger partial charge >= 0.3 is 0 Å². The number of benzene rings is 1. The van der Waals surface area contributed by atoms with Gasteiger partial charge < -0.3 is 15.2 Å². The number of methoxy groups -OCH3 is 2. The molecule has 0 aliphatic carbocycles.